The summed E-state index contributed by atoms with van der Waals surface area (Å²) in [7, 11) is -3.94. The maximum Gasteiger partial charge on any atom is 0.267 e. The molecule has 0 aliphatic carbocycles. The van der Waals surface area contributed by atoms with Crippen molar-refractivity contribution in [1.82, 2.24) is 9.87 Å². The quantitative estimate of drug-likeness (QED) is 0.755. The standard InChI is InChI=1S/C9H14N2O4S/c1-9(2,3)15-11-16(13,14)8-6-10-5-4-7(8)12/h4-6,11H,1-3H3,(H,10,12). The summed E-state index contributed by atoms with van der Waals surface area (Å²) in [5.41, 5.74) is -1.27. The van der Waals surface area contributed by atoms with Gasteiger partial charge in [-0.15, -0.1) is 0 Å². The Bertz CT molecular complexity index is 513. The van der Waals surface area contributed by atoms with Gasteiger partial charge in [-0.25, -0.2) is 8.42 Å². The van der Waals surface area contributed by atoms with Crippen LogP contribution < -0.4 is 10.3 Å². The molecule has 0 aliphatic heterocycles. The third-order valence-electron chi connectivity index (χ3n) is 1.54. The normalized spacial score (nSPS) is 12.7. The molecule has 16 heavy (non-hydrogen) atoms. The van der Waals surface area contributed by atoms with Crippen molar-refractivity contribution in [3.63, 3.8) is 0 Å². The van der Waals surface area contributed by atoms with Crippen LogP contribution in [0.1, 0.15) is 20.8 Å². The average Bonchev–Trinajstić information content (AvgIpc) is 2.14. The van der Waals surface area contributed by atoms with Crippen LogP contribution >= 0.6 is 0 Å². The average molecular weight is 246 g/mol. The van der Waals surface area contributed by atoms with Crippen molar-refractivity contribution < 1.29 is 13.3 Å². The summed E-state index contributed by atoms with van der Waals surface area (Å²) < 4.78 is 23.3. The van der Waals surface area contributed by atoms with Gasteiger partial charge >= 0.3 is 0 Å². The Morgan fingerprint density at radius 3 is 2.50 bits per heavy atom. The van der Waals surface area contributed by atoms with Gasteiger partial charge in [0.25, 0.3) is 10.0 Å². The van der Waals surface area contributed by atoms with Gasteiger partial charge in [0, 0.05) is 18.5 Å². The predicted molar refractivity (Wildman–Crippen MR) is 58.2 cm³/mol. The zero-order chi connectivity index (χ0) is 12.4. The topological polar surface area (TPSA) is 88.3 Å². The van der Waals surface area contributed by atoms with Crippen LogP contribution in [0.4, 0.5) is 0 Å². The first-order chi connectivity index (χ1) is 7.22. The molecule has 0 saturated carbocycles. The molecule has 7 heteroatoms. The second-order valence-corrected chi connectivity index (χ2v) is 5.79. The second-order valence-electron chi connectivity index (χ2n) is 4.17. The van der Waals surface area contributed by atoms with Crippen LogP contribution in [0.15, 0.2) is 28.2 Å². The number of aromatic nitrogens is 1. The number of sulfonamides is 1. The van der Waals surface area contributed by atoms with E-state index in [-0.39, 0.29) is 4.90 Å². The minimum Gasteiger partial charge on any atom is -0.366 e. The van der Waals surface area contributed by atoms with Gasteiger partial charge in [0.2, 0.25) is 5.43 Å². The molecular weight excluding hydrogens is 232 g/mol. The van der Waals surface area contributed by atoms with E-state index < -0.39 is 21.1 Å². The Balaban J connectivity index is 2.96. The summed E-state index contributed by atoms with van der Waals surface area (Å²) in [5.74, 6) is 0. The highest BCUT2D eigenvalue weighted by molar-refractivity contribution is 7.89. The molecule has 2 N–H and O–H groups in total. The van der Waals surface area contributed by atoms with Crippen LogP contribution in [0, 0.1) is 0 Å². The number of pyridine rings is 1. The van der Waals surface area contributed by atoms with Gasteiger partial charge in [0.15, 0.2) is 0 Å². The molecule has 0 radical (unpaired) electrons. The van der Waals surface area contributed by atoms with Crippen molar-refractivity contribution in [2.24, 2.45) is 0 Å². The Labute approximate surface area is 93.7 Å². The molecule has 0 unspecified atom stereocenters. The molecule has 6 nitrogen and oxygen atoms in total. The highest BCUT2D eigenvalue weighted by atomic mass is 32.2. The molecule has 0 atom stereocenters. The van der Waals surface area contributed by atoms with Crippen molar-refractivity contribution in [1.29, 1.82) is 0 Å². The van der Waals surface area contributed by atoms with Crippen LogP contribution in [-0.4, -0.2) is 19.0 Å². The van der Waals surface area contributed by atoms with Gasteiger partial charge in [-0.05, 0) is 20.8 Å². The van der Waals surface area contributed by atoms with Crippen molar-refractivity contribution >= 4 is 10.0 Å². The third kappa shape index (κ3) is 3.44. The lowest BCUT2D eigenvalue weighted by molar-refractivity contribution is -0.0358. The minimum absolute atomic E-state index is 0.376. The lowest BCUT2D eigenvalue weighted by Gasteiger charge is -2.18. The number of H-pyrrole nitrogens is 1. The van der Waals surface area contributed by atoms with Crippen molar-refractivity contribution in [3.8, 4) is 0 Å². The second kappa shape index (κ2) is 4.36. The van der Waals surface area contributed by atoms with Crippen molar-refractivity contribution in [3.05, 3.63) is 28.7 Å². The Morgan fingerprint density at radius 2 is 2.00 bits per heavy atom. The summed E-state index contributed by atoms with van der Waals surface area (Å²) in [6.45, 7) is 5.06. The first-order valence-electron chi connectivity index (χ1n) is 4.59. The van der Waals surface area contributed by atoms with Gasteiger partial charge in [-0.3, -0.25) is 9.63 Å². The fourth-order valence-electron chi connectivity index (χ4n) is 0.836. The van der Waals surface area contributed by atoms with E-state index in [9.17, 15) is 13.2 Å². The van der Waals surface area contributed by atoms with E-state index in [1.807, 2.05) is 4.89 Å². The van der Waals surface area contributed by atoms with Crippen LogP contribution in [0.2, 0.25) is 0 Å². The molecule has 0 aliphatic rings. The van der Waals surface area contributed by atoms with E-state index in [1.54, 1.807) is 20.8 Å². The fraction of sp³-hybridized carbons (Fsp3) is 0.444. The molecule has 1 rings (SSSR count). The molecular formula is C9H14N2O4S. The molecule has 0 aromatic carbocycles. The summed E-state index contributed by atoms with van der Waals surface area (Å²) in [5, 5.41) is 0. The molecule has 0 bridgehead atoms. The van der Waals surface area contributed by atoms with Crippen LogP contribution in [-0.2, 0) is 14.9 Å². The number of nitrogens with one attached hydrogen (secondary N) is 2. The predicted octanol–water partition coefficient (Wildman–Crippen LogP) is 0.383. The van der Waals surface area contributed by atoms with E-state index >= 15 is 0 Å². The van der Waals surface area contributed by atoms with Gasteiger partial charge in [0.05, 0.1) is 5.60 Å². The van der Waals surface area contributed by atoms with Crippen LogP contribution in [0.3, 0.4) is 0 Å². The summed E-state index contributed by atoms with van der Waals surface area (Å²) in [6.07, 6.45) is 2.46. The first-order valence-corrected chi connectivity index (χ1v) is 6.08. The number of rotatable bonds is 3. The van der Waals surface area contributed by atoms with E-state index in [1.165, 1.54) is 6.20 Å². The van der Waals surface area contributed by atoms with Gasteiger partial charge < -0.3 is 4.98 Å². The molecule has 0 amide bonds. The molecule has 0 spiro atoms. The lowest BCUT2D eigenvalue weighted by atomic mass is 10.2. The van der Waals surface area contributed by atoms with Gasteiger partial charge in [-0.2, -0.15) is 0 Å². The molecule has 1 aromatic rings. The highest BCUT2D eigenvalue weighted by Gasteiger charge is 2.21. The lowest BCUT2D eigenvalue weighted by Crippen LogP contribution is -2.35. The fourth-order valence-corrected chi connectivity index (χ4v) is 1.84. The molecule has 1 heterocycles. The molecule has 0 saturated heterocycles. The monoisotopic (exact) mass is 246 g/mol. The zero-order valence-electron chi connectivity index (χ0n) is 9.27. The Hall–Kier alpha value is -1.18. The van der Waals surface area contributed by atoms with E-state index in [4.69, 9.17) is 4.84 Å². The zero-order valence-corrected chi connectivity index (χ0v) is 10.1. The Morgan fingerprint density at radius 1 is 1.38 bits per heavy atom. The Kier molecular flexibility index (Phi) is 3.51. The van der Waals surface area contributed by atoms with Crippen LogP contribution in [0.25, 0.3) is 0 Å². The number of aromatic amines is 1. The minimum atomic E-state index is -3.94. The van der Waals surface area contributed by atoms with Gasteiger partial charge in [0.1, 0.15) is 4.90 Å². The summed E-state index contributed by atoms with van der Waals surface area (Å²) in [6, 6.07) is 1.13. The largest absolute Gasteiger partial charge is 0.366 e. The van der Waals surface area contributed by atoms with E-state index in [0.29, 0.717) is 0 Å². The molecule has 90 valence electrons. The van der Waals surface area contributed by atoms with Crippen molar-refractivity contribution in [2.75, 3.05) is 0 Å². The van der Waals surface area contributed by atoms with Crippen molar-refractivity contribution in [2.45, 2.75) is 31.3 Å². The smallest absolute Gasteiger partial charge is 0.267 e. The molecule has 0 fully saturated rings. The van der Waals surface area contributed by atoms with Gasteiger partial charge in [-0.1, -0.05) is 4.89 Å². The molecule has 1 aromatic heterocycles. The first kappa shape index (κ1) is 12.9. The highest BCUT2D eigenvalue weighted by Crippen LogP contribution is 2.07. The maximum atomic E-state index is 11.6. The number of hydrogen-bond donors (Lipinski definition) is 2. The van der Waals surface area contributed by atoms with Crippen LogP contribution in [0.5, 0.6) is 0 Å². The number of hydrogen-bond acceptors (Lipinski definition) is 4. The SMILES string of the molecule is CC(C)(C)ONS(=O)(=O)c1c[nH]ccc1=O. The summed E-state index contributed by atoms with van der Waals surface area (Å²) in [4.78, 5) is 20.3. The maximum absolute atomic E-state index is 11.6. The third-order valence-corrected chi connectivity index (χ3v) is 2.74. The van der Waals surface area contributed by atoms with E-state index in [2.05, 4.69) is 4.98 Å². The van der Waals surface area contributed by atoms with E-state index in [0.717, 1.165) is 12.3 Å². The summed E-state index contributed by atoms with van der Waals surface area (Å²) >= 11 is 0.